The molecule has 0 saturated carbocycles. The van der Waals surface area contributed by atoms with Gasteiger partial charge in [0.2, 0.25) is 0 Å². The second kappa shape index (κ2) is 2.85. The first-order valence-corrected chi connectivity index (χ1v) is 5.11. The predicted molar refractivity (Wildman–Crippen MR) is 55.9 cm³/mol. The van der Waals surface area contributed by atoms with Gasteiger partial charge in [0.15, 0.2) is 7.85 Å². The lowest BCUT2D eigenvalue weighted by Gasteiger charge is -2.15. The Morgan fingerprint density at radius 2 is 2.15 bits per heavy atom. The molecule has 64 valence electrons. The highest BCUT2D eigenvalue weighted by atomic mass is 79.9. The van der Waals surface area contributed by atoms with Crippen molar-refractivity contribution in [2.45, 2.75) is 4.41 Å². The lowest BCUT2D eigenvalue weighted by molar-refractivity contribution is 0.0470. The molecule has 1 aromatic carbocycles. The zero-order valence-electron chi connectivity index (χ0n) is 6.38. The molecule has 2 rings (SSSR count). The van der Waals surface area contributed by atoms with Crippen molar-refractivity contribution in [1.82, 2.24) is 0 Å². The quantitative estimate of drug-likeness (QED) is 0.417. The minimum absolute atomic E-state index is 0.415. The number of ether oxygens (including phenoxy) is 1. The number of carbonyl (C=O) groups excluding carboxylic acids is 1. The Bertz CT molecular complexity index is 390. The summed E-state index contributed by atoms with van der Waals surface area (Å²) in [7, 11) is 5.70. The number of hydrogen-bond acceptors (Lipinski definition) is 2. The minimum Gasteiger partial charge on any atom is -0.450 e. The average molecular weight is 302 g/mol. The Hall–Kier alpha value is -0.285. The van der Waals surface area contributed by atoms with Crippen molar-refractivity contribution in [3.05, 3.63) is 33.8 Å². The number of halogens is 2. The van der Waals surface area contributed by atoms with Gasteiger partial charge in [-0.25, -0.2) is 4.79 Å². The van der Waals surface area contributed by atoms with Gasteiger partial charge in [-0.15, -0.1) is 0 Å². The molecule has 0 amide bonds. The summed E-state index contributed by atoms with van der Waals surface area (Å²) < 4.78 is 4.44. The van der Waals surface area contributed by atoms with E-state index >= 15 is 0 Å². The fourth-order valence-corrected chi connectivity index (χ4v) is 2.26. The van der Waals surface area contributed by atoms with Crippen LogP contribution in [0.4, 0.5) is 0 Å². The van der Waals surface area contributed by atoms with Crippen molar-refractivity contribution in [3.8, 4) is 0 Å². The Labute approximate surface area is 93.3 Å². The van der Waals surface area contributed by atoms with Crippen LogP contribution < -0.4 is 0 Å². The molecule has 0 bridgehead atoms. The third-order valence-corrected chi connectivity index (χ3v) is 3.08. The van der Waals surface area contributed by atoms with E-state index in [2.05, 4.69) is 31.9 Å². The molecule has 0 aromatic heterocycles. The summed E-state index contributed by atoms with van der Waals surface area (Å²) in [4.78, 5) is 11.3. The van der Waals surface area contributed by atoms with Crippen molar-refractivity contribution in [1.29, 1.82) is 0 Å². The van der Waals surface area contributed by atoms with E-state index in [-0.39, 0.29) is 0 Å². The van der Waals surface area contributed by atoms with Gasteiger partial charge in [0, 0.05) is 10.0 Å². The van der Waals surface area contributed by atoms with E-state index in [0.29, 0.717) is 15.6 Å². The molecular weight excluding hydrogens is 299 g/mol. The van der Waals surface area contributed by atoms with Gasteiger partial charge in [-0.3, -0.25) is 0 Å². The molecule has 1 aliphatic rings. The van der Waals surface area contributed by atoms with Crippen molar-refractivity contribution < 1.29 is 9.53 Å². The molecule has 1 atom stereocenters. The van der Waals surface area contributed by atoms with Crippen molar-refractivity contribution >= 4 is 45.7 Å². The van der Waals surface area contributed by atoms with E-state index in [1.165, 1.54) is 0 Å². The highest BCUT2D eigenvalue weighted by Gasteiger charge is 2.39. The molecule has 1 aliphatic heterocycles. The first kappa shape index (κ1) is 9.28. The smallest absolute Gasteiger partial charge is 0.340 e. The second-order valence-corrected chi connectivity index (χ2v) is 4.73. The van der Waals surface area contributed by atoms with Gasteiger partial charge in [-0.05, 0) is 37.9 Å². The maximum absolute atomic E-state index is 11.3. The lowest BCUT2D eigenvalue weighted by atomic mass is 9.91. The van der Waals surface area contributed by atoms with E-state index < -0.39 is 10.4 Å². The number of rotatable bonds is 0. The van der Waals surface area contributed by atoms with Crippen LogP contribution in [-0.2, 0) is 9.15 Å². The largest absolute Gasteiger partial charge is 0.450 e. The van der Waals surface area contributed by atoms with Gasteiger partial charge in [0.1, 0.15) is 4.41 Å². The molecule has 2 radical (unpaired) electrons. The van der Waals surface area contributed by atoms with Gasteiger partial charge in [0.25, 0.3) is 0 Å². The lowest BCUT2D eigenvalue weighted by Crippen LogP contribution is -2.16. The van der Waals surface area contributed by atoms with Gasteiger partial charge in [-0.2, -0.15) is 0 Å². The van der Waals surface area contributed by atoms with Gasteiger partial charge in [0.05, 0.1) is 5.56 Å². The Morgan fingerprint density at radius 1 is 1.46 bits per heavy atom. The van der Waals surface area contributed by atoms with E-state index in [1.807, 2.05) is 0 Å². The molecule has 0 saturated heterocycles. The molecule has 0 aliphatic carbocycles. The summed E-state index contributed by atoms with van der Waals surface area (Å²) in [5.41, 5.74) is 1.13. The molecule has 1 heterocycles. The summed E-state index contributed by atoms with van der Waals surface area (Å²) >= 11 is 6.39. The molecule has 1 unspecified atom stereocenters. The number of esters is 1. The number of carbonyl (C=O) groups is 1. The molecule has 5 heteroatoms. The van der Waals surface area contributed by atoms with Crippen LogP contribution in [0.1, 0.15) is 15.9 Å². The molecule has 2 nitrogen and oxygen atoms in total. The van der Waals surface area contributed by atoms with Crippen LogP contribution in [0.15, 0.2) is 22.7 Å². The summed E-state index contributed by atoms with van der Waals surface area (Å²) in [5.74, 6) is -0.415. The first-order valence-electron chi connectivity index (χ1n) is 3.52. The second-order valence-electron chi connectivity index (χ2n) is 2.70. The van der Waals surface area contributed by atoms with E-state index in [0.717, 1.165) is 0 Å². The zero-order valence-corrected chi connectivity index (χ0v) is 9.55. The van der Waals surface area contributed by atoms with Crippen LogP contribution in [0, 0.1) is 0 Å². The topological polar surface area (TPSA) is 26.3 Å². The SMILES string of the molecule is [B]C1(Br)OC(=O)c2c(Br)cccc21. The van der Waals surface area contributed by atoms with Crippen molar-refractivity contribution in [2.24, 2.45) is 0 Å². The Morgan fingerprint density at radius 3 is 2.77 bits per heavy atom. The van der Waals surface area contributed by atoms with Crippen LogP contribution in [0.2, 0.25) is 0 Å². The van der Waals surface area contributed by atoms with Crippen molar-refractivity contribution in [2.75, 3.05) is 0 Å². The van der Waals surface area contributed by atoms with E-state index in [4.69, 9.17) is 12.6 Å². The number of fused-ring (bicyclic) bond motifs is 1. The predicted octanol–water partition coefficient (Wildman–Crippen LogP) is 2.29. The maximum Gasteiger partial charge on any atom is 0.340 e. The van der Waals surface area contributed by atoms with Crippen LogP contribution >= 0.6 is 31.9 Å². The average Bonchev–Trinajstić information content (AvgIpc) is 2.24. The summed E-state index contributed by atoms with van der Waals surface area (Å²) in [6, 6.07) is 5.32. The summed E-state index contributed by atoms with van der Waals surface area (Å²) in [5, 5.41) is 0. The van der Waals surface area contributed by atoms with E-state index in [9.17, 15) is 4.79 Å². The van der Waals surface area contributed by atoms with Crippen LogP contribution in [0.5, 0.6) is 0 Å². The fraction of sp³-hybridized carbons (Fsp3) is 0.125. The number of cyclic esters (lactones) is 1. The highest BCUT2D eigenvalue weighted by molar-refractivity contribution is 9.10. The van der Waals surface area contributed by atoms with Gasteiger partial charge < -0.3 is 4.74 Å². The molecule has 0 spiro atoms. The highest BCUT2D eigenvalue weighted by Crippen LogP contribution is 2.41. The first-order chi connectivity index (χ1) is 6.02. The van der Waals surface area contributed by atoms with Gasteiger partial charge >= 0.3 is 5.97 Å². The monoisotopic (exact) mass is 300 g/mol. The van der Waals surface area contributed by atoms with Crippen LogP contribution in [0.3, 0.4) is 0 Å². The summed E-state index contributed by atoms with van der Waals surface area (Å²) in [6.45, 7) is 0. The van der Waals surface area contributed by atoms with Gasteiger partial charge in [-0.1, -0.05) is 12.1 Å². The normalized spacial score (nSPS) is 25.5. The van der Waals surface area contributed by atoms with E-state index in [1.54, 1.807) is 18.2 Å². The molecule has 0 N–H and O–H groups in total. The number of alkyl halides is 1. The molecule has 13 heavy (non-hydrogen) atoms. The summed E-state index contributed by atoms with van der Waals surface area (Å²) in [6.07, 6.45) is 0. The minimum atomic E-state index is -1.18. The zero-order chi connectivity index (χ0) is 9.64. The Kier molecular flexibility index (Phi) is 2.04. The maximum atomic E-state index is 11.3. The third kappa shape index (κ3) is 1.34. The number of benzene rings is 1. The molecule has 1 aromatic rings. The molecular formula is C8H3BBr2O2. The van der Waals surface area contributed by atoms with Crippen molar-refractivity contribution in [3.63, 3.8) is 0 Å². The van der Waals surface area contributed by atoms with Crippen LogP contribution in [0.25, 0.3) is 0 Å². The molecule has 0 fully saturated rings. The fourth-order valence-electron chi connectivity index (χ4n) is 1.26. The third-order valence-electron chi connectivity index (χ3n) is 1.83. The standard InChI is InChI=1S/C8H3BBr2O2/c9-8(11)4-2-1-3-5(10)6(4)7(12)13-8/h1-3H. The van der Waals surface area contributed by atoms with Crippen LogP contribution in [-0.4, -0.2) is 13.8 Å². The Balaban J connectivity index is 2.72. The number of hydrogen-bond donors (Lipinski definition) is 0.